The topological polar surface area (TPSA) is 107 Å². The standard InChI is InChI=1S/C28H37N3O3/c1-27(2,3)20-13-18(14-21(24(20)33)28(4,5)6)23(32)16-31-22(26(30)34)15-19(25(31)29)12-17-10-8-7-9-11-17/h7-11,13-14,19,22,29,33H,12,15-16H2,1-6H3,(H2,30,34). The average molecular weight is 464 g/mol. The van der Waals surface area contributed by atoms with Crippen molar-refractivity contribution in [2.75, 3.05) is 6.54 Å². The normalized spacial score (nSPS) is 18.9. The van der Waals surface area contributed by atoms with Crippen molar-refractivity contribution >= 4 is 17.5 Å². The molecule has 1 aliphatic rings. The van der Waals surface area contributed by atoms with Crippen molar-refractivity contribution < 1.29 is 14.7 Å². The Hall–Kier alpha value is -3.15. The van der Waals surface area contributed by atoms with Crippen LogP contribution in [0.2, 0.25) is 0 Å². The quantitative estimate of drug-likeness (QED) is 0.546. The molecule has 1 aliphatic heterocycles. The van der Waals surface area contributed by atoms with Gasteiger partial charge in [-0.25, -0.2) is 0 Å². The molecule has 4 N–H and O–H groups in total. The molecule has 0 bridgehead atoms. The Labute approximate surface area is 202 Å². The van der Waals surface area contributed by atoms with Gasteiger partial charge in [0.1, 0.15) is 17.6 Å². The van der Waals surface area contributed by atoms with E-state index in [1.165, 1.54) is 0 Å². The summed E-state index contributed by atoms with van der Waals surface area (Å²) in [6.45, 7) is 11.9. The van der Waals surface area contributed by atoms with Crippen molar-refractivity contribution in [3.63, 3.8) is 0 Å². The predicted molar refractivity (Wildman–Crippen MR) is 136 cm³/mol. The molecule has 1 amide bonds. The van der Waals surface area contributed by atoms with Crippen LogP contribution in [0.4, 0.5) is 0 Å². The van der Waals surface area contributed by atoms with Crippen molar-refractivity contribution in [3.8, 4) is 5.75 Å². The van der Waals surface area contributed by atoms with Gasteiger partial charge >= 0.3 is 0 Å². The molecule has 0 saturated carbocycles. The number of benzene rings is 2. The predicted octanol–water partition coefficient (Wildman–Crippen LogP) is 4.57. The fourth-order valence-electron chi connectivity index (χ4n) is 4.64. The number of amidine groups is 1. The number of rotatable bonds is 6. The van der Waals surface area contributed by atoms with E-state index in [1.54, 1.807) is 17.0 Å². The Morgan fingerprint density at radius 2 is 1.56 bits per heavy atom. The summed E-state index contributed by atoms with van der Waals surface area (Å²) in [5, 5.41) is 19.7. The van der Waals surface area contributed by atoms with Crippen LogP contribution < -0.4 is 5.73 Å². The monoisotopic (exact) mass is 463 g/mol. The maximum Gasteiger partial charge on any atom is 0.240 e. The number of Topliss-reactive ketones (excluding diaryl/α,β-unsaturated/α-hetero) is 1. The third-order valence-electron chi connectivity index (χ3n) is 6.60. The molecule has 2 aromatic carbocycles. The van der Waals surface area contributed by atoms with Gasteiger partial charge in [0.05, 0.1) is 6.54 Å². The highest BCUT2D eigenvalue weighted by Crippen LogP contribution is 2.40. The van der Waals surface area contributed by atoms with Gasteiger partial charge in [0.15, 0.2) is 5.78 Å². The van der Waals surface area contributed by atoms with E-state index in [4.69, 9.17) is 11.1 Å². The molecule has 2 aromatic rings. The fourth-order valence-corrected chi connectivity index (χ4v) is 4.64. The van der Waals surface area contributed by atoms with E-state index in [9.17, 15) is 14.7 Å². The molecule has 1 fully saturated rings. The molecule has 2 atom stereocenters. The first-order valence-electron chi connectivity index (χ1n) is 11.8. The van der Waals surface area contributed by atoms with Gasteiger partial charge in [0, 0.05) is 22.6 Å². The molecule has 6 nitrogen and oxygen atoms in total. The largest absolute Gasteiger partial charge is 0.507 e. The summed E-state index contributed by atoms with van der Waals surface area (Å²) in [5.74, 6) is -0.421. The van der Waals surface area contributed by atoms with Gasteiger partial charge in [-0.3, -0.25) is 15.0 Å². The van der Waals surface area contributed by atoms with Gasteiger partial charge in [-0.1, -0.05) is 71.9 Å². The van der Waals surface area contributed by atoms with E-state index < -0.39 is 11.9 Å². The molecule has 2 unspecified atom stereocenters. The number of ketones is 1. The molecule has 1 heterocycles. The lowest BCUT2D eigenvalue weighted by Crippen LogP contribution is -2.44. The number of amides is 1. The van der Waals surface area contributed by atoms with Crippen molar-refractivity contribution in [3.05, 3.63) is 64.7 Å². The van der Waals surface area contributed by atoms with Crippen molar-refractivity contribution in [2.24, 2.45) is 11.7 Å². The second kappa shape index (κ2) is 9.24. The maximum atomic E-state index is 13.5. The number of aromatic hydroxyl groups is 1. The number of nitrogens with zero attached hydrogens (tertiary/aromatic N) is 1. The number of likely N-dealkylation sites (tertiary alicyclic amines) is 1. The van der Waals surface area contributed by atoms with Gasteiger partial charge in [-0.05, 0) is 41.4 Å². The number of nitrogens with one attached hydrogen (secondary N) is 1. The molecule has 0 aliphatic carbocycles. The summed E-state index contributed by atoms with van der Waals surface area (Å²) >= 11 is 0. The molecular weight excluding hydrogens is 426 g/mol. The summed E-state index contributed by atoms with van der Waals surface area (Å²) in [6, 6.07) is 12.6. The summed E-state index contributed by atoms with van der Waals surface area (Å²) in [7, 11) is 0. The minimum atomic E-state index is -0.688. The summed E-state index contributed by atoms with van der Waals surface area (Å²) in [6.07, 6.45) is 1.04. The molecule has 0 aromatic heterocycles. The smallest absolute Gasteiger partial charge is 0.240 e. The molecule has 1 saturated heterocycles. The van der Waals surface area contributed by atoms with Crippen molar-refractivity contribution in [1.82, 2.24) is 4.90 Å². The van der Waals surface area contributed by atoms with E-state index in [1.807, 2.05) is 71.9 Å². The van der Waals surface area contributed by atoms with Crippen LogP contribution in [0.25, 0.3) is 0 Å². The molecule has 3 rings (SSSR count). The lowest BCUT2D eigenvalue weighted by molar-refractivity contribution is -0.121. The Morgan fingerprint density at radius 1 is 1.03 bits per heavy atom. The van der Waals surface area contributed by atoms with E-state index in [0.717, 1.165) is 5.56 Å². The van der Waals surface area contributed by atoms with Crippen LogP contribution in [0.3, 0.4) is 0 Å². The number of nitrogens with two attached hydrogens (primary N) is 1. The van der Waals surface area contributed by atoms with Gasteiger partial charge < -0.3 is 15.7 Å². The molecular formula is C28H37N3O3. The van der Waals surface area contributed by atoms with Crippen LogP contribution in [0.5, 0.6) is 5.75 Å². The zero-order valence-electron chi connectivity index (χ0n) is 21.1. The number of hydrogen-bond acceptors (Lipinski definition) is 4. The Kier molecular flexibility index (Phi) is 6.92. The molecule has 6 heteroatoms. The third-order valence-corrected chi connectivity index (χ3v) is 6.60. The van der Waals surface area contributed by atoms with E-state index >= 15 is 0 Å². The average Bonchev–Trinajstić information content (AvgIpc) is 3.03. The maximum absolute atomic E-state index is 13.5. The zero-order valence-corrected chi connectivity index (χ0v) is 21.1. The van der Waals surface area contributed by atoms with E-state index in [0.29, 0.717) is 29.5 Å². The van der Waals surface area contributed by atoms with E-state index in [-0.39, 0.29) is 40.7 Å². The lowest BCUT2D eigenvalue weighted by Gasteiger charge is -2.29. The number of carbonyl (C=O) groups excluding carboxylic acids is 2. The van der Waals surface area contributed by atoms with Crippen LogP contribution in [0, 0.1) is 11.3 Å². The first-order chi connectivity index (χ1) is 15.7. The number of hydrogen-bond donors (Lipinski definition) is 3. The highest BCUT2D eigenvalue weighted by molar-refractivity contribution is 6.02. The number of phenolic OH excluding ortho intramolecular Hbond substituents is 1. The number of phenols is 1. The first kappa shape index (κ1) is 25.5. The van der Waals surface area contributed by atoms with Gasteiger partial charge in [0.2, 0.25) is 5.91 Å². The van der Waals surface area contributed by atoms with Crippen LogP contribution in [0.15, 0.2) is 42.5 Å². The molecule has 0 radical (unpaired) electrons. The van der Waals surface area contributed by atoms with Crippen molar-refractivity contribution in [1.29, 1.82) is 5.41 Å². The highest BCUT2D eigenvalue weighted by Gasteiger charge is 2.40. The lowest BCUT2D eigenvalue weighted by atomic mass is 9.78. The van der Waals surface area contributed by atoms with E-state index in [2.05, 4.69) is 0 Å². The Bertz CT molecular complexity index is 1060. The zero-order chi connectivity index (χ0) is 25.4. The van der Waals surface area contributed by atoms with Crippen LogP contribution in [0.1, 0.15) is 75.0 Å². The molecule has 182 valence electrons. The summed E-state index contributed by atoms with van der Waals surface area (Å²) in [4.78, 5) is 27.3. The molecule has 0 spiro atoms. The second-order valence-corrected chi connectivity index (χ2v) is 11.4. The molecule has 34 heavy (non-hydrogen) atoms. The second-order valence-electron chi connectivity index (χ2n) is 11.4. The van der Waals surface area contributed by atoms with Gasteiger partial charge in [-0.15, -0.1) is 0 Å². The minimum Gasteiger partial charge on any atom is -0.507 e. The highest BCUT2D eigenvalue weighted by atomic mass is 16.3. The SMILES string of the molecule is CC(C)(C)c1cc(C(=O)CN2C(=N)C(Cc3ccccc3)CC2C(N)=O)cc(C(C)(C)C)c1O. The summed E-state index contributed by atoms with van der Waals surface area (Å²) < 4.78 is 0. The minimum absolute atomic E-state index is 0.102. The Balaban J connectivity index is 1.93. The van der Waals surface area contributed by atoms with Crippen molar-refractivity contribution in [2.45, 2.75) is 71.3 Å². The third kappa shape index (κ3) is 5.32. The van der Waals surface area contributed by atoms with Crippen LogP contribution in [-0.4, -0.2) is 40.1 Å². The Morgan fingerprint density at radius 3 is 2.03 bits per heavy atom. The van der Waals surface area contributed by atoms with Gasteiger partial charge in [-0.2, -0.15) is 0 Å². The van der Waals surface area contributed by atoms with Gasteiger partial charge in [0.25, 0.3) is 0 Å². The van der Waals surface area contributed by atoms with Crippen LogP contribution in [-0.2, 0) is 22.0 Å². The number of primary amides is 1. The van der Waals surface area contributed by atoms with Crippen LogP contribution >= 0.6 is 0 Å². The fraction of sp³-hybridized carbons (Fsp3) is 0.464. The first-order valence-corrected chi connectivity index (χ1v) is 11.8. The number of carbonyl (C=O) groups is 2. The summed E-state index contributed by atoms with van der Waals surface area (Å²) in [5.41, 5.74) is 7.91.